The van der Waals surface area contributed by atoms with E-state index >= 15 is 0 Å². The number of hydrogen-bond acceptors (Lipinski definition) is 4. The number of rotatable bonds is 5. The van der Waals surface area contributed by atoms with Crippen molar-refractivity contribution in [1.82, 2.24) is 15.0 Å². The van der Waals surface area contributed by atoms with Gasteiger partial charge in [-0.1, -0.05) is 158 Å². The Labute approximate surface area is 317 Å². The number of aromatic nitrogens is 3. The van der Waals surface area contributed by atoms with Crippen LogP contribution < -0.4 is 0 Å². The Bertz CT molecular complexity index is 3250. The third-order valence-corrected chi connectivity index (χ3v) is 10.7. The highest BCUT2D eigenvalue weighted by Crippen LogP contribution is 2.39. The SMILES string of the molecule is c1ccc2cc(-c3ccc(-c4nc(-c5ccc(-c6cccc7oc8cc9ccccc9cc8c67)cc5)nc(-c5ccc6ccccc6c5)n4)cc3)ccc2c1. The van der Waals surface area contributed by atoms with Gasteiger partial charge in [0, 0.05) is 27.5 Å². The molecule has 11 aromatic rings. The van der Waals surface area contributed by atoms with Gasteiger partial charge in [0.25, 0.3) is 0 Å². The summed E-state index contributed by atoms with van der Waals surface area (Å²) in [7, 11) is 0. The molecule has 0 aliphatic heterocycles. The van der Waals surface area contributed by atoms with Gasteiger partial charge in [-0.15, -0.1) is 0 Å². The second-order valence-electron chi connectivity index (χ2n) is 14.1. The average molecular weight is 702 g/mol. The highest BCUT2D eigenvalue weighted by molar-refractivity contribution is 6.15. The van der Waals surface area contributed by atoms with E-state index in [1.54, 1.807) is 0 Å². The van der Waals surface area contributed by atoms with E-state index in [1.165, 1.54) is 32.5 Å². The van der Waals surface area contributed by atoms with Crippen LogP contribution in [-0.2, 0) is 0 Å². The molecule has 9 aromatic carbocycles. The predicted octanol–water partition coefficient (Wildman–Crippen LogP) is 13.6. The van der Waals surface area contributed by atoms with E-state index in [4.69, 9.17) is 19.4 Å². The molecule has 4 heteroatoms. The minimum absolute atomic E-state index is 0.622. The van der Waals surface area contributed by atoms with Gasteiger partial charge >= 0.3 is 0 Å². The summed E-state index contributed by atoms with van der Waals surface area (Å²) in [6.45, 7) is 0. The zero-order valence-corrected chi connectivity index (χ0v) is 29.6. The summed E-state index contributed by atoms with van der Waals surface area (Å²) < 4.78 is 6.38. The molecule has 0 aliphatic carbocycles. The lowest BCUT2D eigenvalue weighted by Crippen LogP contribution is -2.00. The zero-order valence-electron chi connectivity index (χ0n) is 29.6. The molecule has 11 rings (SSSR count). The molecule has 0 N–H and O–H groups in total. The first-order valence-corrected chi connectivity index (χ1v) is 18.5. The predicted molar refractivity (Wildman–Crippen MR) is 227 cm³/mol. The Morgan fingerprint density at radius 1 is 0.291 bits per heavy atom. The van der Waals surface area contributed by atoms with Crippen molar-refractivity contribution in [2.24, 2.45) is 0 Å². The molecule has 0 saturated carbocycles. The smallest absolute Gasteiger partial charge is 0.164 e. The molecule has 256 valence electrons. The van der Waals surface area contributed by atoms with Crippen molar-refractivity contribution in [2.45, 2.75) is 0 Å². The molecular weight excluding hydrogens is 671 g/mol. The van der Waals surface area contributed by atoms with Crippen LogP contribution in [0.2, 0.25) is 0 Å². The normalized spacial score (nSPS) is 11.6. The van der Waals surface area contributed by atoms with Gasteiger partial charge in [-0.25, -0.2) is 15.0 Å². The molecule has 0 unspecified atom stereocenters. The van der Waals surface area contributed by atoms with Crippen LogP contribution in [0.5, 0.6) is 0 Å². The Morgan fingerprint density at radius 2 is 0.745 bits per heavy atom. The summed E-state index contributed by atoms with van der Waals surface area (Å²) >= 11 is 0. The molecule has 0 fully saturated rings. The van der Waals surface area contributed by atoms with Crippen LogP contribution in [0, 0.1) is 0 Å². The summed E-state index contributed by atoms with van der Waals surface area (Å²) in [4.78, 5) is 15.2. The quantitative estimate of drug-likeness (QED) is 0.179. The zero-order chi connectivity index (χ0) is 36.3. The lowest BCUT2D eigenvalue weighted by Gasteiger charge is -2.11. The second-order valence-corrected chi connectivity index (χ2v) is 14.1. The summed E-state index contributed by atoms with van der Waals surface area (Å²) in [6, 6.07) is 65.9. The van der Waals surface area contributed by atoms with Crippen molar-refractivity contribution in [1.29, 1.82) is 0 Å². The molecule has 55 heavy (non-hydrogen) atoms. The maximum absolute atomic E-state index is 6.38. The largest absolute Gasteiger partial charge is 0.456 e. The third kappa shape index (κ3) is 5.51. The Balaban J connectivity index is 1.00. The van der Waals surface area contributed by atoms with Crippen LogP contribution >= 0.6 is 0 Å². The number of furan rings is 1. The molecule has 0 saturated heterocycles. The standard InChI is InChI=1S/C51H31N3O/c1-3-10-38-28-42(26-18-32(38)8-1)34-16-22-36(23-17-34)49-52-50(54-51(53-49)43-27-19-33-9-2-4-11-39(33)29-43)37-24-20-35(21-25-37)44-14-7-15-46-48(44)45-30-40-12-5-6-13-41(40)31-47(45)55-46/h1-31H. The molecule has 2 aromatic heterocycles. The number of fused-ring (bicyclic) bond motifs is 6. The maximum Gasteiger partial charge on any atom is 0.164 e. The molecule has 0 radical (unpaired) electrons. The van der Waals surface area contributed by atoms with E-state index < -0.39 is 0 Å². The highest BCUT2D eigenvalue weighted by atomic mass is 16.3. The van der Waals surface area contributed by atoms with Crippen LogP contribution in [0.15, 0.2) is 192 Å². The first-order chi connectivity index (χ1) is 27.2. The number of benzene rings is 9. The molecule has 0 atom stereocenters. The van der Waals surface area contributed by atoms with Gasteiger partial charge in [0.1, 0.15) is 11.2 Å². The third-order valence-electron chi connectivity index (χ3n) is 10.7. The van der Waals surface area contributed by atoms with Gasteiger partial charge in [0.15, 0.2) is 17.5 Å². The number of hydrogen-bond donors (Lipinski definition) is 0. The minimum Gasteiger partial charge on any atom is -0.456 e. The van der Waals surface area contributed by atoms with E-state index in [0.717, 1.165) is 60.7 Å². The minimum atomic E-state index is 0.622. The molecule has 4 nitrogen and oxygen atoms in total. The Hall–Kier alpha value is -7.43. The fourth-order valence-corrected chi connectivity index (χ4v) is 7.82. The lowest BCUT2D eigenvalue weighted by atomic mass is 9.97. The van der Waals surface area contributed by atoms with Gasteiger partial charge in [-0.2, -0.15) is 0 Å². The van der Waals surface area contributed by atoms with Gasteiger partial charge < -0.3 is 4.42 Å². The monoisotopic (exact) mass is 701 g/mol. The van der Waals surface area contributed by atoms with E-state index in [9.17, 15) is 0 Å². The van der Waals surface area contributed by atoms with Gasteiger partial charge in [-0.05, 0) is 84.9 Å². The Kier molecular flexibility index (Phi) is 7.14. The van der Waals surface area contributed by atoms with E-state index in [2.05, 4.69) is 182 Å². The van der Waals surface area contributed by atoms with Crippen LogP contribution in [0.1, 0.15) is 0 Å². The van der Waals surface area contributed by atoms with E-state index in [0.29, 0.717) is 17.5 Å². The van der Waals surface area contributed by atoms with Crippen LogP contribution in [-0.4, -0.2) is 15.0 Å². The van der Waals surface area contributed by atoms with Crippen molar-refractivity contribution < 1.29 is 4.42 Å². The van der Waals surface area contributed by atoms with Crippen molar-refractivity contribution in [3.8, 4) is 56.4 Å². The van der Waals surface area contributed by atoms with Crippen molar-refractivity contribution in [2.75, 3.05) is 0 Å². The van der Waals surface area contributed by atoms with Crippen molar-refractivity contribution in [3.05, 3.63) is 188 Å². The average Bonchev–Trinajstić information content (AvgIpc) is 3.62. The first-order valence-electron chi connectivity index (χ1n) is 18.5. The molecule has 2 heterocycles. The van der Waals surface area contributed by atoms with Crippen molar-refractivity contribution in [3.63, 3.8) is 0 Å². The fourth-order valence-electron chi connectivity index (χ4n) is 7.82. The Morgan fingerprint density at radius 3 is 1.36 bits per heavy atom. The summed E-state index contributed by atoms with van der Waals surface area (Å²) in [5.41, 5.74) is 9.09. The number of nitrogens with zero attached hydrogens (tertiary/aromatic N) is 3. The summed E-state index contributed by atoms with van der Waals surface area (Å²) in [5, 5.41) is 9.36. The molecular formula is C51H31N3O. The summed E-state index contributed by atoms with van der Waals surface area (Å²) in [6.07, 6.45) is 0. The van der Waals surface area contributed by atoms with Crippen LogP contribution in [0.3, 0.4) is 0 Å². The van der Waals surface area contributed by atoms with Gasteiger partial charge in [0.05, 0.1) is 0 Å². The highest BCUT2D eigenvalue weighted by Gasteiger charge is 2.16. The van der Waals surface area contributed by atoms with E-state index in [1.807, 2.05) is 6.07 Å². The van der Waals surface area contributed by atoms with Gasteiger partial charge in [0.2, 0.25) is 0 Å². The first kappa shape index (κ1) is 31.1. The van der Waals surface area contributed by atoms with Gasteiger partial charge in [-0.3, -0.25) is 0 Å². The van der Waals surface area contributed by atoms with Crippen molar-refractivity contribution >= 4 is 54.3 Å². The second kappa shape index (κ2) is 12.6. The molecule has 0 spiro atoms. The summed E-state index contributed by atoms with van der Waals surface area (Å²) in [5.74, 6) is 1.89. The molecule has 0 aliphatic rings. The topological polar surface area (TPSA) is 51.8 Å². The lowest BCUT2D eigenvalue weighted by molar-refractivity contribution is 0.669. The maximum atomic E-state index is 6.38. The molecule has 0 amide bonds. The molecule has 0 bridgehead atoms. The van der Waals surface area contributed by atoms with Crippen LogP contribution in [0.25, 0.3) is 111 Å². The fraction of sp³-hybridized carbons (Fsp3) is 0. The van der Waals surface area contributed by atoms with Crippen LogP contribution in [0.4, 0.5) is 0 Å². The van der Waals surface area contributed by atoms with E-state index in [-0.39, 0.29) is 0 Å².